The first-order chi connectivity index (χ1) is 10.3. The van der Waals surface area contributed by atoms with E-state index >= 15 is 0 Å². The molecule has 1 heterocycles. The second-order valence-corrected chi connectivity index (χ2v) is 6.99. The van der Waals surface area contributed by atoms with Gasteiger partial charge in [0, 0.05) is 0 Å². The minimum absolute atomic E-state index is 0.479. The average molecular weight is 288 g/mol. The lowest BCUT2D eigenvalue weighted by Gasteiger charge is -2.38. The third-order valence-electron chi connectivity index (χ3n) is 5.23. The summed E-state index contributed by atoms with van der Waals surface area (Å²) in [5.41, 5.74) is 0. The van der Waals surface area contributed by atoms with Crippen LogP contribution in [0.1, 0.15) is 91.4 Å². The Bertz CT molecular complexity index is 293. The molecule has 0 unspecified atom stereocenters. The Balaban J connectivity index is 2.67. The SMILES string of the molecule is CCCCCB1C=CC=CC1(CCCCC)CCCCC. The van der Waals surface area contributed by atoms with Crippen LogP contribution in [0.25, 0.3) is 0 Å². The van der Waals surface area contributed by atoms with Crippen LogP contribution < -0.4 is 0 Å². The summed E-state index contributed by atoms with van der Waals surface area (Å²) in [5, 5.41) is 0.479. The van der Waals surface area contributed by atoms with E-state index in [0.29, 0.717) is 5.31 Å². The molecule has 0 aromatic heterocycles. The fourth-order valence-corrected chi connectivity index (χ4v) is 3.83. The van der Waals surface area contributed by atoms with E-state index in [1.807, 2.05) is 0 Å². The van der Waals surface area contributed by atoms with Crippen LogP contribution in [0, 0.1) is 0 Å². The van der Waals surface area contributed by atoms with Gasteiger partial charge in [-0.05, 0) is 5.31 Å². The Morgan fingerprint density at radius 1 is 0.714 bits per heavy atom. The normalized spacial score (nSPS) is 16.6. The van der Waals surface area contributed by atoms with Gasteiger partial charge < -0.3 is 0 Å². The maximum absolute atomic E-state index is 2.58. The molecule has 0 fully saturated rings. The third-order valence-corrected chi connectivity index (χ3v) is 5.23. The first-order valence-corrected chi connectivity index (χ1v) is 9.65. The zero-order chi connectivity index (χ0) is 15.4. The van der Waals surface area contributed by atoms with E-state index in [-0.39, 0.29) is 0 Å². The van der Waals surface area contributed by atoms with Crippen molar-refractivity contribution in [3.05, 3.63) is 24.2 Å². The second-order valence-electron chi connectivity index (χ2n) is 6.99. The predicted molar refractivity (Wildman–Crippen MR) is 99.3 cm³/mol. The standard InChI is InChI=1S/C20H37B/c1-4-7-10-15-20(16-11-8-5-2)17-12-14-19-21(20)18-13-9-6-3/h12,14,17,19H,4-11,13,15-16,18H2,1-3H3. The zero-order valence-electron chi connectivity index (χ0n) is 14.9. The fraction of sp³-hybridized carbons (Fsp3) is 0.800. The minimum Gasteiger partial charge on any atom is -0.114 e. The second kappa shape index (κ2) is 11.2. The predicted octanol–water partition coefficient (Wildman–Crippen LogP) is 7.24. The Morgan fingerprint density at radius 2 is 1.29 bits per heavy atom. The Labute approximate surface area is 134 Å². The monoisotopic (exact) mass is 288 g/mol. The molecular weight excluding hydrogens is 251 g/mol. The van der Waals surface area contributed by atoms with Crippen molar-refractivity contribution < 1.29 is 0 Å². The molecule has 0 saturated heterocycles. The topological polar surface area (TPSA) is 0 Å². The minimum atomic E-state index is 0.479. The molecule has 0 radical (unpaired) electrons. The maximum atomic E-state index is 2.58. The number of hydrogen-bond acceptors (Lipinski definition) is 0. The number of unbranched alkanes of at least 4 members (excludes halogenated alkanes) is 6. The van der Waals surface area contributed by atoms with Gasteiger partial charge in [-0.3, -0.25) is 0 Å². The summed E-state index contributed by atoms with van der Waals surface area (Å²) >= 11 is 0. The van der Waals surface area contributed by atoms with E-state index in [4.69, 9.17) is 0 Å². The summed E-state index contributed by atoms with van der Waals surface area (Å²) < 4.78 is 0. The molecular formula is C20H37B. The summed E-state index contributed by atoms with van der Waals surface area (Å²) in [5.74, 6) is 2.52. The smallest absolute Gasteiger partial charge is 0.114 e. The van der Waals surface area contributed by atoms with Crippen LogP contribution in [0.15, 0.2) is 24.2 Å². The highest BCUT2D eigenvalue weighted by Gasteiger charge is 2.37. The number of hydrogen-bond donors (Lipinski definition) is 0. The number of rotatable bonds is 12. The highest BCUT2D eigenvalue weighted by atomic mass is 14.2. The van der Waals surface area contributed by atoms with Gasteiger partial charge in [0.25, 0.3) is 0 Å². The van der Waals surface area contributed by atoms with Gasteiger partial charge in [0.05, 0.1) is 0 Å². The van der Waals surface area contributed by atoms with Crippen molar-refractivity contribution in [2.45, 2.75) is 103 Å². The van der Waals surface area contributed by atoms with Gasteiger partial charge in [-0.25, -0.2) is 0 Å². The first kappa shape index (κ1) is 18.6. The lowest BCUT2D eigenvalue weighted by Crippen LogP contribution is -2.31. The van der Waals surface area contributed by atoms with Gasteiger partial charge in [-0.1, -0.05) is 116 Å². The van der Waals surface area contributed by atoms with E-state index in [1.165, 1.54) is 76.9 Å². The lowest BCUT2D eigenvalue weighted by molar-refractivity contribution is 0.486. The zero-order valence-corrected chi connectivity index (χ0v) is 14.9. The molecule has 0 saturated carbocycles. The van der Waals surface area contributed by atoms with Crippen molar-refractivity contribution in [2.24, 2.45) is 0 Å². The van der Waals surface area contributed by atoms with E-state index in [2.05, 4.69) is 45.0 Å². The summed E-state index contributed by atoms with van der Waals surface area (Å²) in [6.07, 6.45) is 23.8. The summed E-state index contributed by atoms with van der Waals surface area (Å²) in [6, 6.07) is 0. The van der Waals surface area contributed by atoms with Gasteiger partial charge >= 0.3 is 0 Å². The molecule has 120 valence electrons. The van der Waals surface area contributed by atoms with Crippen molar-refractivity contribution in [1.82, 2.24) is 0 Å². The van der Waals surface area contributed by atoms with E-state index in [9.17, 15) is 0 Å². The summed E-state index contributed by atoms with van der Waals surface area (Å²) in [6.45, 7) is 7.74. The van der Waals surface area contributed by atoms with Gasteiger partial charge in [-0.15, -0.1) is 5.98 Å². The molecule has 0 bridgehead atoms. The molecule has 1 aliphatic heterocycles. The summed E-state index contributed by atoms with van der Waals surface area (Å²) in [7, 11) is 0. The van der Waals surface area contributed by atoms with Gasteiger partial charge in [0.2, 0.25) is 0 Å². The van der Waals surface area contributed by atoms with Crippen LogP contribution in [-0.2, 0) is 0 Å². The molecule has 0 aromatic rings. The molecule has 0 spiro atoms. The van der Waals surface area contributed by atoms with E-state index < -0.39 is 0 Å². The maximum Gasteiger partial charge on any atom is 0.176 e. The van der Waals surface area contributed by atoms with Gasteiger partial charge in [-0.2, -0.15) is 0 Å². The molecule has 0 amide bonds. The highest BCUT2D eigenvalue weighted by Crippen LogP contribution is 2.47. The lowest BCUT2D eigenvalue weighted by atomic mass is 9.28. The molecule has 0 atom stereocenters. The van der Waals surface area contributed by atoms with Crippen molar-refractivity contribution in [3.63, 3.8) is 0 Å². The van der Waals surface area contributed by atoms with Crippen molar-refractivity contribution >= 4 is 6.71 Å². The molecule has 0 aromatic carbocycles. The molecule has 0 aliphatic carbocycles. The molecule has 0 nitrogen and oxygen atoms in total. The Hall–Kier alpha value is -0.455. The largest absolute Gasteiger partial charge is 0.176 e. The Kier molecular flexibility index (Phi) is 9.88. The van der Waals surface area contributed by atoms with Crippen LogP contribution in [-0.4, -0.2) is 6.71 Å². The first-order valence-electron chi connectivity index (χ1n) is 9.65. The van der Waals surface area contributed by atoms with E-state index in [1.54, 1.807) is 0 Å². The van der Waals surface area contributed by atoms with Crippen molar-refractivity contribution in [2.75, 3.05) is 0 Å². The average Bonchev–Trinajstić information content (AvgIpc) is 2.50. The van der Waals surface area contributed by atoms with Crippen LogP contribution >= 0.6 is 0 Å². The third kappa shape index (κ3) is 6.45. The van der Waals surface area contributed by atoms with E-state index in [0.717, 1.165) is 6.71 Å². The molecule has 1 rings (SSSR count). The summed E-state index contributed by atoms with van der Waals surface area (Å²) in [4.78, 5) is 0. The van der Waals surface area contributed by atoms with Crippen LogP contribution in [0.2, 0.25) is 11.6 Å². The highest BCUT2D eigenvalue weighted by molar-refractivity contribution is 6.68. The van der Waals surface area contributed by atoms with Gasteiger partial charge in [0.15, 0.2) is 6.71 Å². The Morgan fingerprint density at radius 3 is 1.86 bits per heavy atom. The van der Waals surface area contributed by atoms with Crippen LogP contribution in [0.5, 0.6) is 0 Å². The van der Waals surface area contributed by atoms with Gasteiger partial charge in [0.1, 0.15) is 0 Å². The van der Waals surface area contributed by atoms with Crippen LogP contribution in [0.3, 0.4) is 0 Å². The van der Waals surface area contributed by atoms with Crippen molar-refractivity contribution in [3.8, 4) is 0 Å². The molecule has 21 heavy (non-hydrogen) atoms. The molecule has 1 heteroatoms. The van der Waals surface area contributed by atoms with Crippen LogP contribution in [0.4, 0.5) is 0 Å². The molecule has 1 aliphatic rings. The van der Waals surface area contributed by atoms with Crippen molar-refractivity contribution in [1.29, 1.82) is 0 Å². The number of allylic oxidation sites excluding steroid dienone is 3. The molecule has 0 N–H and O–H groups in total. The quantitative estimate of drug-likeness (QED) is 0.262. The fourth-order valence-electron chi connectivity index (χ4n) is 3.83.